The lowest BCUT2D eigenvalue weighted by atomic mass is 10.3. The first-order valence-corrected chi connectivity index (χ1v) is 7.83. The summed E-state index contributed by atoms with van der Waals surface area (Å²) in [6, 6.07) is 10.6. The molecule has 0 atom stereocenters. The van der Waals surface area contributed by atoms with Crippen LogP contribution in [-0.2, 0) is 0 Å². The number of methoxy groups -OCH3 is 2. The van der Waals surface area contributed by atoms with Gasteiger partial charge in [-0.25, -0.2) is 0 Å². The zero-order valence-electron chi connectivity index (χ0n) is 13.0. The van der Waals surface area contributed by atoms with Crippen molar-refractivity contribution in [2.45, 2.75) is 6.42 Å². The monoisotopic (exact) mass is 356 g/mol. The van der Waals surface area contributed by atoms with Crippen molar-refractivity contribution in [2.24, 2.45) is 0 Å². The van der Waals surface area contributed by atoms with Crippen LogP contribution < -0.4 is 18.9 Å². The lowest BCUT2D eigenvalue weighted by molar-refractivity contribution is 0.232. The van der Waals surface area contributed by atoms with E-state index in [4.69, 9.17) is 42.1 Å². The molecule has 124 valence electrons. The van der Waals surface area contributed by atoms with E-state index in [0.717, 1.165) is 0 Å². The number of rotatable bonds is 8. The predicted octanol–water partition coefficient (Wildman–Crippen LogP) is 4.86. The van der Waals surface area contributed by atoms with Crippen molar-refractivity contribution in [3.8, 4) is 23.0 Å². The maximum Gasteiger partial charge on any atom is 0.203 e. The molecule has 0 aliphatic rings. The third-order valence-electron chi connectivity index (χ3n) is 3.07. The van der Waals surface area contributed by atoms with Gasteiger partial charge in [-0.05, 0) is 24.3 Å². The summed E-state index contributed by atoms with van der Waals surface area (Å²) in [5.74, 6) is 2.40. The molecule has 4 nitrogen and oxygen atoms in total. The molecule has 0 saturated carbocycles. The second-order valence-corrected chi connectivity index (χ2v) is 5.46. The maximum absolute atomic E-state index is 6.04. The molecule has 0 spiro atoms. The Balaban J connectivity index is 1.85. The van der Waals surface area contributed by atoms with Crippen LogP contribution in [0, 0.1) is 0 Å². The third-order valence-corrected chi connectivity index (χ3v) is 3.62. The molecule has 0 unspecified atom stereocenters. The minimum atomic E-state index is 0.453. The maximum atomic E-state index is 6.04. The van der Waals surface area contributed by atoms with Gasteiger partial charge >= 0.3 is 0 Å². The summed E-state index contributed by atoms with van der Waals surface area (Å²) >= 11 is 11.9. The van der Waals surface area contributed by atoms with E-state index in [2.05, 4.69) is 0 Å². The molecule has 23 heavy (non-hydrogen) atoms. The fourth-order valence-corrected chi connectivity index (χ4v) is 2.30. The summed E-state index contributed by atoms with van der Waals surface area (Å²) in [7, 11) is 3.18. The van der Waals surface area contributed by atoms with Crippen LogP contribution in [-0.4, -0.2) is 27.4 Å². The highest BCUT2D eigenvalue weighted by atomic mass is 35.5. The van der Waals surface area contributed by atoms with Gasteiger partial charge in [0.1, 0.15) is 5.75 Å². The van der Waals surface area contributed by atoms with Gasteiger partial charge in [0.25, 0.3) is 0 Å². The van der Waals surface area contributed by atoms with Crippen LogP contribution in [0.3, 0.4) is 0 Å². The molecule has 0 aromatic heterocycles. The first-order valence-electron chi connectivity index (χ1n) is 7.07. The van der Waals surface area contributed by atoms with E-state index < -0.39 is 0 Å². The van der Waals surface area contributed by atoms with Gasteiger partial charge in [0.05, 0.1) is 32.5 Å². The quantitative estimate of drug-likeness (QED) is 0.633. The smallest absolute Gasteiger partial charge is 0.203 e. The Labute approximate surface area is 145 Å². The normalized spacial score (nSPS) is 10.3. The third kappa shape index (κ3) is 4.85. The van der Waals surface area contributed by atoms with Gasteiger partial charge in [0, 0.05) is 17.5 Å². The molecular weight excluding hydrogens is 339 g/mol. The fraction of sp³-hybridized carbons (Fsp3) is 0.294. The van der Waals surface area contributed by atoms with E-state index >= 15 is 0 Å². The van der Waals surface area contributed by atoms with Crippen LogP contribution in [0.15, 0.2) is 36.4 Å². The molecule has 0 saturated heterocycles. The zero-order chi connectivity index (χ0) is 16.7. The van der Waals surface area contributed by atoms with Gasteiger partial charge in [-0.1, -0.05) is 29.3 Å². The standard InChI is InChI=1S/C17H18Cl2O4/c1-20-14-5-3-6-15(21-2)17(14)23-10-4-9-22-16-11-12(18)7-8-13(16)19/h3,5-8,11H,4,9-10H2,1-2H3. The average molecular weight is 357 g/mol. The van der Waals surface area contributed by atoms with Crippen LogP contribution in [0.25, 0.3) is 0 Å². The second-order valence-electron chi connectivity index (χ2n) is 4.62. The average Bonchev–Trinajstić information content (AvgIpc) is 2.57. The van der Waals surface area contributed by atoms with Gasteiger partial charge in [0.15, 0.2) is 11.5 Å². The van der Waals surface area contributed by atoms with E-state index in [1.54, 1.807) is 32.4 Å². The van der Waals surface area contributed by atoms with E-state index in [9.17, 15) is 0 Å². The Hall–Kier alpha value is -1.78. The molecule has 0 heterocycles. The van der Waals surface area contributed by atoms with Gasteiger partial charge < -0.3 is 18.9 Å². The number of benzene rings is 2. The lowest BCUT2D eigenvalue weighted by Gasteiger charge is -2.14. The van der Waals surface area contributed by atoms with Crippen molar-refractivity contribution >= 4 is 23.2 Å². The van der Waals surface area contributed by atoms with Crippen molar-refractivity contribution < 1.29 is 18.9 Å². The summed E-state index contributed by atoms with van der Waals surface area (Å²) in [6.45, 7) is 0.909. The fourth-order valence-electron chi connectivity index (χ4n) is 1.96. The number of hydrogen-bond acceptors (Lipinski definition) is 4. The number of hydrogen-bond donors (Lipinski definition) is 0. The van der Waals surface area contributed by atoms with E-state index in [1.165, 1.54) is 0 Å². The predicted molar refractivity (Wildman–Crippen MR) is 91.6 cm³/mol. The lowest BCUT2D eigenvalue weighted by Crippen LogP contribution is -2.06. The highest BCUT2D eigenvalue weighted by Gasteiger charge is 2.11. The Morgan fingerprint density at radius 3 is 2.13 bits per heavy atom. The molecule has 0 aliphatic carbocycles. The molecule has 0 fully saturated rings. The highest BCUT2D eigenvalue weighted by molar-refractivity contribution is 6.34. The molecule has 2 aromatic carbocycles. The van der Waals surface area contributed by atoms with Crippen molar-refractivity contribution in [2.75, 3.05) is 27.4 Å². The molecular formula is C17H18Cl2O4. The minimum absolute atomic E-state index is 0.453. The zero-order valence-corrected chi connectivity index (χ0v) is 14.5. The summed E-state index contributed by atoms with van der Waals surface area (Å²) in [5, 5.41) is 1.11. The summed E-state index contributed by atoms with van der Waals surface area (Å²) < 4.78 is 21.9. The minimum Gasteiger partial charge on any atom is -0.493 e. The van der Waals surface area contributed by atoms with E-state index in [1.807, 2.05) is 18.2 Å². The van der Waals surface area contributed by atoms with Gasteiger partial charge in [-0.3, -0.25) is 0 Å². The van der Waals surface area contributed by atoms with Gasteiger partial charge in [-0.15, -0.1) is 0 Å². The molecule has 0 amide bonds. The van der Waals surface area contributed by atoms with E-state index in [-0.39, 0.29) is 0 Å². The molecule has 0 bridgehead atoms. The molecule has 6 heteroatoms. The molecule has 2 aromatic rings. The van der Waals surface area contributed by atoms with Gasteiger partial charge in [0.2, 0.25) is 5.75 Å². The van der Waals surface area contributed by atoms with Gasteiger partial charge in [-0.2, -0.15) is 0 Å². The first kappa shape index (κ1) is 17.6. The van der Waals surface area contributed by atoms with Crippen LogP contribution in [0.4, 0.5) is 0 Å². The SMILES string of the molecule is COc1cccc(OC)c1OCCCOc1cc(Cl)ccc1Cl. The molecule has 0 N–H and O–H groups in total. The summed E-state index contributed by atoms with van der Waals surface area (Å²) in [4.78, 5) is 0. The van der Waals surface area contributed by atoms with Crippen LogP contribution in [0.2, 0.25) is 10.0 Å². The van der Waals surface area contributed by atoms with E-state index in [0.29, 0.717) is 52.7 Å². The Bertz CT molecular complexity index is 624. The first-order chi connectivity index (χ1) is 11.2. The Morgan fingerprint density at radius 2 is 1.48 bits per heavy atom. The number of halogens is 2. The molecule has 0 aliphatic heterocycles. The number of para-hydroxylation sites is 1. The molecule has 0 radical (unpaired) electrons. The Kier molecular flexibility index (Phi) is 6.68. The molecule has 2 rings (SSSR count). The Morgan fingerprint density at radius 1 is 0.826 bits per heavy atom. The van der Waals surface area contributed by atoms with Crippen molar-refractivity contribution in [1.29, 1.82) is 0 Å². The second kappa shape index (κ2) is 8.75. The van der Waals surface area contributed by atoms with Crippen LogP contribution in [0.5, 0.6) is 23.0 Å². The topological polar surface area (TPSA) is 36.9 Å². The van der Waals surface area contributed by atoms with Crippen molar-refractivity contribution in [1.82, 2.24) is 0 Å². The number of ether oxygens (including phenoxy) is 4. The largest absolute Gasteiger partial charge is 0.493 e. The highest BCUT2D eigenvalue weighted by Crippen LogP contribution is 2.36. The van der Waals surface area contributed by atoms with Crippen LogP contribution >= 0.6 is 23.2 Å². The summed E-state index contributed by atoms with van der Waals surface area (Å²) in [6.07, 6.45) is 0.671. The van der Waals surface area contributed by atoms with Crippen molar-refractivity contribution in [3.63, 3.8) is 0 Å². The van der Waals surface area contributed by atoms with Crippen molar-refractivity contribution in [3.05, 3.63) is 46.4 Å². The van der Waals surface area contributed by atoms with Crippen LogP contribution in [0.1, 0.15) is 6.42 Å². The summed E-state index contributed by atoms with van der Waals surface area (Å²) in [5.41, 5.74) is 0.